The van der Waals surface area contributed by atoms with E-state index < -0.39 is 302 Å². The summed E-state index contributed by atoms with van der Waals surface area (Å²) in [6.45, 7) is 13.4. The Hall–Kier alpha value is -5.07. The molecule has 0 unspecified atom stereocenters. The Morgan fingerprint density at radius 2 is 0.527 bits per heavy atom. The maximum Gasteiger partial charge on any atom is 0.234 e. The van der Waals surface area contributed by atoms with Crippen LogP contribution in [0.1, 0.15) is 171 Å². The third-order valence-corrected chi connectivity index (χ3v) is 26.0. The number of carbonyl (C=O) groups excluding carboxylic acids is 7. The van der Waals surface area contributed by atoms with E-state index in [1.54, 1.807) is 0 Å². The lowest BCUT2D eigenvalue weighted by Gasteiger charge is -2.46. The summed E-state index contributed by atoms with van der Waals surface area (Å²) in [4.78, 5) is 83.9. The highest BCUT2D eigenvalue weighted by Gasteiger charge is 2.57. The monoisotopic (exact) mass is 2120 g/mol. The van der Waals surface area contributed by atoms with Gasteiger partial charge < -0.3 is 235 Å². The van der Waals surface area contributed by atoms with Crippen molar-refractivity contribution >= 4 is 41.1 Å². The van der Waals surface area contributed by atoms with Crippen molar-refractivity contribution in [1.82, 2.24) is 32.1 Å². The number of nitrogens with two attached hydrogens (primary N) is 1. The Balaban J connectivity index is 0.000000298. The van der Waals surface area contributed by atoms with Crippen molar-refractivity contribution in [2.75, 3.05) is 72.4 Å². The molecule has 0 saturated carbocycles. The first kappa shape index (κ1) is 128. The van der Waals surface area contributed by atoms with Gasteiger partial charge in [-0.3, -0.25) is 39.0 Å². The molecule has 9 saturated heterocycles. The number of Topliss-reactive ketones (excluding diaryl/α,β-unsaturated/α-hetero) is 2. The molecule has 146 heavy (non-hydrogen) atoms. The summed E-state index contributed by atoms with van der Waals surface area (Å²) < 4.78 is 101. The number of ketones is 2. The van der Waals surface area contributed by atoms with Crippen molar-refractivity contribution in [3.8, 4) is 0 Å². The van der Waals surface area contributed by atoms with Gasteiger partial charge in [0.1, 0.15) is 195 Å². The van der Waals surface area contributed by atoms with Gasteiger partial charge >= 0.3 is 0 Å². The molecule has 850 valence electrons. The van der Waals surface area contributed by atoms with Gasteiger partial charge in [-0.25, -0.2) is 5.43 Å². The van der Waals surface area contributed by atoms with Crippen LogP contribution in [0.15, 0.2) is 0 Å². The minimum Gasteiger partial charge on any atom is -0.388 e. The maximum atomic E-state index is 12.4. The molecule has 0 aromatic carbocycles. The lowest BCUT2D eigenvalue weighted by Crippen LogP contribution is -2.64. The van der Waals surface area contributed by atoms with Gasteiger partial charge in [0.25, 0.3) is 0 Å². The SMILES string of the molecule is CC(=O)[C@H](CCCCN)NNC(=O)CCCCC(=O)NCCO[C@H]1O[C@H](CO[C@@H]2O[C@H](C)[C@@H](O)[C@H](O)[C@@H]2O)[C@@H](O)[C@H](O[C@H]2O[C@@H](C)[C@@H](O)[C@@H](O)[C@@H]2O)[C@@H]1O.CCNC(=O)CCCCC(=O)CCCO[C@H]1O[C@H](CO[C@@H]2O[C@H](C)[C@@H](O)[C@H](O)[C@@H]2O)[C@@H](O)[C@H](O[C@H]2O[C@@H](C)[C@@H](O)[C@@H](O)[C@@H]2O)[C@@H]1O.CCNC(=O)CCCCC(=O)NCCO[C@H]1O[C@H](CO[C@@H]2O[C@H](C)[C@@H](O)[C@H](O)[C@@H]2O)[C@@H](O)[C@H](O[C@H]2O[C@@H](C)[C@@H](O)[C@@H](O)[C@@H]2O)[C@@H]1O. The first-order valence-corrected chi connectivity index (χ1v) is 49.8. The Kier molecular flexibility index (Phi) is 55.8. The average molecular weight is 2130 g/mol. The van der Waals surface area contributed by atoms with E-state index >= 15 is 0 Å². The standard InChI is InChI=1S/C33H60N4O17.C29H51NO16.C28H50N2O16/c1-15(38)18(8-6-7-11-34)36-37-21(40)10-5-4-9-20(39)35-12-13-49-32-29(48)30(54-33-28(47)26(45)23(42)17(3)52-33)24(43)19(53-32)14-50-31-27(46)25(44)22(41)16(2)51-31;1-4-30-17(32)10-6-5-8-15(31)9-7-11-41-28-25(40)26(46-29-24(39)22(37)19(34)14(3)44-29)20(35)16(45-28)12-42-27-23(38)21(36)18(33)13(2)43-27;1-4-29-15(31)7-5-6-8-16(32)30-9-10-41-27-24(40)25(46-28-23(39)21(37)18(34)13(3)44-28)19(35)14(45-27)11-42-26-22(38)20(36)17(33)12(2)43-26/h16-19,22-33,36,41-48H,4-14,34H2,1-3H3,(H,35,39)(H,37,40);13-14,16,18-29,33-40H,4-12H2,1-3H3,(H,30,32);12-14,17-28,33-40H,4-11H2,1-3H3,(H,29,31)(H,30,32)/t16-,17+,18+,19-,22-,23-,24-,25+,26-,27+,28+,29+,30+,31-,32+,33-;13-,14+,16-,18-,19-,20-,21+,22-,23+,24+,25+,26+,27-,28+,29-;12-,13+,14-,17-,18-,19-,20+,21-,22+,23+,24+,25+,26-,27+,28-/m111/s1. The fourth-order valence-electron chi connectivity index (χ4n) is 16.8. The second-order valence-electron chi connectivity index (χ2n) is 37.6. The smallest absolute Gasteiger partial charge is 0.234 e. The lowest BCUT2D eigenvalue weighted by atomic mass is 9.97. The summed E-state index contributed by atoms with van der Waals surface area (Å²) in [5.41, 5.74) is 10.8. The molecular weight excluding hydrogens is 1960 g/mol. The molecule has 0 spiro atoms. The fraction of sp³-hybridized carbons (Fsp3) is 0.922. The van der Waals surface area contributed by atoms with Crippen molar-refractivity contribution in [3.63, 3.8) is 0 Å². The topological polar surface area (TPSA) is 869 Å². The van der Waals surface area contributed by atoms with Crippen LogP contribution >= 0.6 is 0 Å². The van der Waals surface area contributed by atoms with Gasteiger partial charge in [0.15, 0.2) is 56.6 Å². The summed E-state index contributed by atoms with van der Waals surface area (Å²) in [5, 5.41) is 260. The second-order valence-corrected chi connectivity index (χ2v) is 37.6. The molecule has 56 heteroatoms. The number of hydrogen-bond acceptors (Lipinski definition) is 51. The normalized spacial score (nSPS) is 40.2. The largest absolute Gasteiger partial charge is 0.388 e. The highest BCUT2D eigenvalue weighted by atomic mass is 16.8. The van der Waals surface area contributed by atoms with Gasteiger partial charge in [0, 0.05) is 71.1 Å². The number of rotatable bonds is 52. The van der Waals surface area contributed by atoms with E-state index in [0.29, 0.717) is 83.8 Å². The number of aliphatic hydroxyl groups excluding tert-OH is 24. The fourth-order valence-corrected chi connectivity index (χ4v) is 16.8. The number of hydrazine groups is 1. The zero-order valence-electron chi connectivity index (χ0n) is 83.4. The Labute approximate surface area is 843 Å². The van der Waals surface area contributed by atoms with Crippen LogP contribution in [-0.2, 0) is 119 Å². The Morgan fingerprint density at radius 3 is 0.815 bits per heavy atom. The van der Waals surface area contributed by atoms with E-state index in [9.17, 15) is 156 Å². The van der Waals surface area contributed by atoms with Crippen LogP contribution in [0.3, 0.4) is 0 Å². The summed E-state index contributed by atoms with van der Waals surface area (Å²) in [5.74, 6) is -1.22. The molecule has 0 radical (unpaired) electrons. The molecule has 9 heterocycles. The van der Waals surface area contributed by atoms with E-state index in [-0.39, 0.29) is 106 Å². The quantitative estimate of drug-likeness (QED) is 0.0199. The molecule has 0 bridgehead atoms. The predicted molar refractivity (Wildman–Crippen MR) is 488 cm³/mol. The molecule has 56 nitrogen and oxygen atoms in total. The first-order valence-electron chi connectivity index (χ1n) is 49.8. The van der Waals surface area contributed by atoms with Crippen LogP contribution in [0.2, 0.25) is 0 Å². The van der Waals surface area contributed by atoms with Gasteiger partial charge in [0.05, 0.1) is 82.3 Å². The van der Waals surface area contributed by atoms with Crippen molar-refractivity contribution in [1.29, 1.82) is 0 Å². The number of hydrogen-bond donors (Lipinski definition) is 31. The van der Waals surface area contributed by atoms with Crippen LogP contribution < -0.4 is 37.9 Å². The molecule has 5 amide bonds. The van der Waals surface area contributed by atoms with Gasteiger partial charge in [-0.2, -0.15) is 0 Å². The van der Waals surface area contributed by atoms with Crippen molar-refractivity contribution in [3.05, 3.63) is 0 Å². The molecule has 9 aliphatic heterocycles. The summed E-state index contributed by atoms with van der Waals surface area (Å²) in [6.07, 6.45) is -59.4. The summed E-state index contributed by atoms with van der Waals surface area (Å²) >= 11 is 0. The van der Waals surface area contributed by atoms with Gasteiger partial charge in [-0.15, -0.1) is 0 Å². The van der Waals surface area contributed by atoms with E-state index in [1.165, 1.54) is 48.5 Å². The predicted octanol–water partition coefficient (Wildman–Crippen LogP) is -13.2. The second kappa shape index (κ2) is 63.7. The molecule has 0 aromatic heterocycles. The van der Waals surface area contributed by atoms with Gasteiger partial charge in [0.2, 0.25) is 29.5 Å². The first-order chi connectivity index (χ1) is 69.1. The van der Waals surface area contributed by atoms with Crippen LogP contribution in [0, 0.1) is 0 Å². The van der Waals surface area contributed by atoms with E-state index in [1.807, 2.05) is 13.8 Å². The van der Waals surface area contributed by atoms with Crippen LogP contribution in [0.25, 0.3) is 0 Å². The van der Waals surface area contributed by atoms with Crippen LogP contribution in [-0.4, -0.2) is 518 Å². The number of nitrogens with one attached hydrogen (secondary N) is 6. The molecule has 46 atom stereocenters. The van der Waals surface area contributed by atoms with Gasteiger partial charge in [-0.05, 0) is 127 Å². The van der Waals surface area contributed by atoms with E-state index in [2.05, 4.69) is 32.1 Å². The van der Waals surface area contributed by atoms with E-state index in [0.717, 1.165) is 12.8 Å². The molecule has 9 rings (SSSR count). The third kappa shape index (κ3) is 37.9. The van der Waals surface area contributed by atoms with Crippen LogP contribution in [0.4, 0.5) is 0 Å². The molecule has 0 aliphatic carbocycles. The Bertz CT molecular complexity index is 3640. The zero-order chi connectivity index (χ0) is 108. The summed E-state index contributed by atoms with van der Waals surface area (Å²) in [6, 6.07) is -0.511. The summed E-state index contributed by atoms with van der Waals surface area (Å²) in [7, 11) is 0. The third-order valence-electron chi connectivity index (χ3n) is 26.0. The minimum absolute atomic E-state index is 0.0171. The number of carbonyl (C=O) groups is 7. The molecule has 0 aromatic rings. The van der Waals surface area contributed by atoms with Crippen molar-refractivity contribution in [2.45, 2.75) is 454 Å². The van der Waals surface area contributed by atoms with Crippen LogP contribution in [0.5, 0.6) is 0 Å². The number of ether oxygens (including phenoxy) is 18. The van der Waals surface area contributed by atoms with E-state index in [4.69, 9.17) is 91.0 Å². The molecule has 32 N–H and O–H groups in total. The minimum atomic E-state index is -1.77. The Morgan fingerprint density at radius 1 is 0.274 bits per heavy atom. The number of amides is 5. The highest BCUT2D eigenvalue weighted by Crippen LogP contribution is 2.37. The zero-order valence-corrected chi connectivity index (χ0v) is 83.4. The van der Waals surface area contributed by atoms with Crippen molar-refractivity contribution in [2.24, 2.45) is 5.73 Å². The number of aliphatic hydroxyl groups is 24. The molecular formula is C90H161N7O49. The lowest BCUT2D eigenvalue weighted by molar-refractivity contribution is -0.363. The van der Waals surface area contributed by atoms with Gasteiger partial charge in [-0.1, -0.05) is 6.42 Å². The average Bonchev–Trinajstić information content (AvgIpc) is 0.788. The highest BCUT2D eigenvalue weighted by molar-refractivity contribution is 5.82. The molecule has 9 fully saturated rings. The number of unbranched alkanes of at least 4 members (excludes halogenated alkanes) is 4. The maximum absolute atomic E-state index is 12.4. The molecule has 9 aliphatic rings. The van der Waals surface area contributed by atoms with Crippen molar-refractivity contribution < 1.29 is 241 Å².